The number of benzene rings is 2. The fraction of sp³-hybridized carbons (Fsp3) is 0.350. The van der Waals surface area contributed by atoms with Crippen molar-refractivity contribution in [3.05, 3.63) is 65.9 Å². The lowest BCUT2D eigenvalue weighted by molar-refractivity contribution is 0.172. The normalized spacial score (nSPS) is 21.2. The Morgan fingerprint density at radius 1 is 1.16 bits per heavy atom. The Morgan fingerprint density at radius 2 is 2.04 bits per heavy atom. The maximum Gasteiger partial charge on any atom is 0.0695 e. The zero-order valence-electron chi connectivity index (χ0n) is 14.2. The monoisotopic (exact) mass is 336 g/mol. The van der Waals surface area contributed by atoms with E-state index in [-0.39, 0.29) is 6.10 Å². The molecule has 0 bridgehead atoms. The molecule has 0 saturated carbocycles. The summed E-state index contributed by atoms with van der Waals surface area (Å²) in [4.78, 5) is 2.38. The Kier molecular flexibility index (Phi) is 4.78. The van der Waals surface area contributed by atoms with Crippen LogP contribution in [0.5, 0.6) is 0 Å². The molecule has 0 radical (unpaired) electrons. The summed E-state index contributed by atoms with van der Waals surface area (Å²) in [6, 6.07) is 17.1. The molecule has 5 heteroatoms. The van der Waals surface area contributed by atoms with Crippen LogP contribution in [0.1, 0.15) is 17.5 Å². The van der Waals surface area contributed by atoms with Crippen LogP contribution in [0.2, 0.25) is 0 Å². The number of H-pyrrole nitrogens is 1. The molecule has 0 amide bonds. The van der Waals surface area contributed by atoms with E-state index in [4.69, 9.17) is 0 Å². The molecule has 2 heterocycles. The zero-order valence-corrected chi connectivity index (χ0v) is 14.2. The van der Waals surface area contributed by atoms with Gasteiger partial charge < -0.3 is 10.4 Å². The Hall–Kier alpha value is -2.21. The highest BCUT2D eigenvalue weighted by molar-refractivity contribution is 5.81. The van der Waals surface area contributed by atoms with E-state index in [9.17, 15) is 5.11 Å². The number of aromatic nitrogens is 2. The first-order valence-electron chi connectivity index (χ1n) is 8.87. The standard InChI is InChI=1S/C20H24N4O/c25-19-9-18(24(14-19)13-15-5-2-1-3-6-15)12-21-10-16-7-4-8-17-11-22-23-20(16)17/h1-8,11,18-19,21,25H,9-10,12-14H2,(H,22,23). The first kappa shape index (κ1) is 16.3. The van der Waals surface area contributed by atoms with Crippen LogP contribution in [-0.2, 0) is 13.1 Å². The molecule has 1 aliphatic rings. The van der Waals surface area contributed by atoms with Crippen LogP contribution in [0.25, 0.3) is 10.9 Å². The van der Waals surface area contributed by atoms with E-state index >= 15 is 0 Å². The number of hydrogen-bond donors (Lipinski definition) is 3. The van der Waals surface area contributed by atoms with Crippen LogP contribution in [0.3, 0.4) is 0 Å². The maximum atomic E-state index is 10.1. The number of hydrogen-bond acceptors (Lipinski definition) is 4. The first-order valence-corrected chi connectivity index (χ1v) is 8.87. The van der Waals surface area contributed by atoms with Crippen molar-refractivity contribution in [3.8, 4) is 0 Å². The lowest BCUT2D eigenvalue weighted by Gasteiger charge is -2.24. The topological polar surface area (TPSA) is 64.2 Å². The number of rotatable bonds is 6. The fourth-order valence-electron chi connectivity index (χ4n) is 3.73. The third-order valence-corrected chi connectivity index (χ3v) is 4.99. The number of aliphatic hydroxyl groups is 1. The summed E-state index contributed by atoms with van der Waals surface area (Å²) >= 11 is 0. The fourth-order valence-corrected chi connectivity index (χ4v) is 3.73. The van der Waals surface area contributed by atoms with Gasteiger partial charge in [0.15, 0.2) is 0 Å². The number of nitrogens with one attached hydrogen (secondary N) is 2. The predicted molar refractivity (Wildman–Crippen MR) is 99.1 cm³/mol. The molecule has 0 spiro atoms. The molecule has 0 aliphatic carbocycles. The lowest BCUT2D eigenvalue weighted by Crippen LogP contribution is -2.37. The van der Waals surface area contributed by atoms with Gasteiger partial charge in [0, 0.05) is 37.6 Å². The molecule has 1 aliphatic heterocycles. The number of likely N-dealkylation sites (tertiary alicyclic amines) is 1. The van der Waals surface area contributed by atoms with Crippen molar-refractivity contribution < 1.29 is 5.11 Å². The highest BCUT2D eigenvalue weighted by atomic mass is 16.3. The van der Waals surface area contributed by atoms with Gasteiger partial charge in [-0.2, -0.15) is 5.10 Å². The summed E-state index contributed by atoms with van der Waals surface area (Å²) in [7, 11) is 0. The number of nitrogens with zero attached hydrogens (tertiary/aromatic N) is 2. The van der Waals surface area contributed by atoms with E-state index in [1.54, 1.807) is 0 Å². The molecule has 5 nitrogen and oxygen atoms in total. The van der Waals surface area contributed by atoms with Gasteiger partial charge in [-0.1, -0.05) is 48.5 Å². The van der Waals surface area contributed by atoms with Crippen LogP contribution in [0.4, 0.5) is 0 Å². The molecular weight excluding hydrogens is 312 g/mol. The van der Waals surface area contributed by atoms with E-state index in [1.807, 2.05) is 12.3 Å². The van der Waals surface area contributed by atoms with Gasteiger partial charge in [-0.3, -0.25) is 10.00 Å². The summed E-state index contributed by atoms with van der Waals surface area (Å²) < 4.78 is 0. The van der Waals surface area contributed by atoms with Gasteiger partial charge in [0.25, 0.3) is 0 Å². The largest absolute Gasteiger partial charge is 0.392 e. The van der Waals surface area contributed by atoms with Gasteiger partial charge in [-0.25, -0.2) is 0 Å². The average Bonchev–Trinajstić information content (AvgIpc) is 3.23. The minimum absolute atomic E-state index is 0.230. The van der Waals surface area contributed by atoms with E-state index in [1.165, 1.54) is 11.1 Å². The van der Waals surface area contributed by atoms with E-state index in [2.05, 4.69) is 62.9 Å². The molecule has 2 atom stereocenters. The Labute approximate surface area is 147 Å². The number of aliphatic hydroxyl groups excluding tert-OH is 1. The Morgan fingerprint density at radius 3 is 2.92 bits per heavy atom. The Bertz CT molecular complexity index is 817. The first-order chi connectivity index (χ1) is 12.3. The summed E-state index contributed by atoms with van der Waals surface area (Å²) in [5.41, 5.74) is 3.62. The highest BCUT2D eigenvalue weighted by Gasteiger charge is 2.30. The second-order valence-electron chi connectivity index (χ2n) is 6.84. The van der Waals surface area contributed by atoms with Gasteiger partial charge in [0.2, 0.25) is 0 Å². The summed E-state index contributed by atoms with van der Waals surface area (Å²) in [6.07, 6.45) is 2.45. The lowest BCUT2D eigenvalue weighted by atomic mass is 10.1. The molecule has 1 fully saturated rings. The molecular formula is C20H24N4O. The maximum absolute atomic E-state index is 10.1. The average molecular weight is 336 g/mol. The molecule has 1 saturated heterocycles. The number of para-hydroxylation sites is 1. The molecule has 25 heavy (non-hydrogen) atoms. The van der Waals surface area contributed by atoms with E-state index in [0.717, 1.165) is 43.5 Å². The zero-order chi connectivity index (χ0) is 17.1. The Balaban J connectivity index is 1.37. The van der Waals surface area contributed by atoms with Crippen molar-refractivity contribution in [1.82, 2.24) is 20.4 Å². The molecule has 2 aromatic carbocycles. The van der Waals surface area contributed by atoms with Crippen LogP contribution in [-0.4, -0.2) is 45.4 Å². The number of aromatic amines is 1. The summed E-state index contributed by atoms with van der Waals surface area (Å²) in [5, 5.41) is 22.0. The SMILES string of the molecule is OC1CC(CNCc2cccc3cn[nH]c23)N(Cc2ccccc2)C1. The molecule has 2 unspecified atom stereocenters. The second-order valence-corrected chi connectivity index (χ2v) is 6.84. The number of β-amino-alcohol motifs (C(OH)–C–C–N with tert-alkyl or cyclic N) is 1. The van der Waals surface area contributed by atoms with Gasteiger partial charge in [-0.15, -0.1) is 0 Å². The van der Waals surface area contributed by atoms with Crippen molar-refractivity contribution in [2.75, 3.05) is 13.1 Å². The van der Waals surface area contributed by atoms with Crippen molar-refractivity contribution >= 4 is 10.9 Å². The van der Waals surface area contributed by atoms with Crippen molar-refractivity contribution in [3.63, 3.8) is 0 Å². The second kappa shape index (κ2) is 7.35. The number of fused-ring (bicyclic) bond motifs is 1. The van der Waals surface area contributed by atoms with Gasteiger partial charge in [-0.05, 0) is 17.5 Å². The third kappa shape index (κ3) is 3.74. The van der Waals surface area contributed by atoms with Gasteiger partial charge in [0.05, 0.1) is 17.8 Å². The summed E-state index contributed by atoms with van der Waals surface area (Å²) in [5.74, 6) is 0. The van der Waals surface area contributed by atoms with Crippen LogP contribution in [0, 0.1) is 0 Å². The van der Waals surface area contributed by atoms with Gasteiger partial charge in [0.1, 0.15) is 0 Å². The van der Waals surface area contributed by atoms with Crippen molar-refractivity contribution in [2.24, 2.45) is 0 Å². The van der Waals surface area contributed by atoms with Gasteiger partial charge >= 0.3 is 0 Å². The minimum Gasteiger partial charge on any atom is -0.392 e. The summed E-state index contributed by atoms with van der Waals surface area (Å²) in [6.45, 7) is 3.30. The van der Waals surface area contributed by atoms with Crippen LogP contribution < -0.4 is 5.32 Å². The van der Waals surface area contributed by atoms with E-state index in [0.29, 0.717) is 6.04 Å². The molecule has 130 valence electrons. The van der Waals surface area contributed by atoms with E-state index < -0.39 is 0 Å². The third-order valence-electron chi connectivity index (χ3n) is 4.99. The molecule has 3 N–H and O–H groups in total. The minimum atomic E-state index is -0.230. The predicted octanol–water partition coefficient (Wildman–Crippen LogP) is 2.29. The van der Waals surface area contributed by atoms with Crippen LogP contribution in [0.15, 0.2) is 54.7 Å². The highest BCUT2D eigenvalue weighted by Crippen LogP contribution is 2.21. The smallest absolute Gasteiger partial charge is 0.0695 e. The van der Waals surface area contributed by atoms with Crippen LogP contribution >= 0.6 is 0 Å². The quantitative estimate of drug-likeness (QED) is 0.646. The van der Waals surface area contributed by atoms with Crippen molar-refractivity contribution in [1.29, 1.82) is 0 Å². The molecule has 1 aromatic heterocycles. The molecule has 4 rings (SSSR count). The van der Waals surface area contributed by atoms with Crippen molar-refractivity contribution in [2.45, 2.75) is 31.7 Å². The molecule has 3 aromatic rings.